The number of halogens is 1. The van der Waals surface area contributed by atoms with Gasteiger partial charge in [0, 0.05) is 10.0 Å². The maximum atomic E-state index is 9.35. The highest BCUT2D eigenvalue weighted by Crippen LogP contribution is 2.40. The standard InChI is InChI=1S/C12H16BrNO/c1-7-3-9(4-8(2)11(7)13)12(14)5-10(15)6-12/h3-4,10,15H,5-6,14H2,1-2H3. The molecule has 0 bridgehead atoms. The van der Waals surface area contributed by atoms with E-state index in [0.717, 1.165) is 10.0 Å². The number of rotatable bonds is 1. The Labute approximate surface area is 98.6 Å². The normalized spacial score (nSPS) is 30.1. The van der Waals surface area contributed by atoms with Crippen LogP contribution in [-0.2, 0) is 5.54 Å². The van der Waals surface area contributed by atoms with Crippen molar-refractivity contribution in [3.8, 4) is 0 Å². The van der Waals surface area contributed by atoms with Gasteiger partial charge in [-0.25, -0.2) is 0 Å². The average Bonchev–Trinajstić information content (AvgIpc) is 2.11. The first-order valence-corrected chi connectivity index (χ1v) is 5.96. The minimum Gasteiger partial charge on any atom is -0.393 e. The largest absolute Gasteiger partial charge is 0.393 e. The Morgan fingerprint density at radius 2 is 1.80 bits per heavy atom. The number of benzene rings is 1. The van der Waals surface area contributed by atoms with Gasteiger partial charge in [0.25, 0.3) is 0 Å². The molecule has 0 atom stereocenters. The zero-order chi connectivity index (χ0) is 11.2. The van der Waals surface area contributed by atoms with E-state index in [1.165, 1.54) is 11.1 Å². The molecule has 0 heterocycles. The molecule has 1 saturated carbocycles. The first-order chi connectivity index (χ1) is 6.92. The molecule has 1 fully saturated rings. The van der Waals surface area contributed by atoms with Crippen molar-refractivity contribution < 1.29 is 5.11 Å². The van der Waals surface area contributed by atoms with E-state index in [-0.39, 0.29) is 11.6 Å². The van der Waals surface area contributed by atoms with Crippen LogP contribution >= 0.6 is 15.9 Å². The lowest BCUT2D eigenvalue weighted by molar-refractivity contribution is 0.0209. The van der Waals surface area contributed by atoms with Crippen LogP contribution in [0.3, 0.4) is 0 Å². The van der Waals surface area contributed by atoms with Crippen LogP contribution in [0.1, 0.15) is 29.5 Å². The van der Waals surface area contributed by atoms with Gasteiger partial charge < -0.3 is 10.8 Å². The molecule has 2 nitrogen and oxygen atoms in total. The molecule has 0 saturated heterocycles. The van der Waals surface area contributed by atoms with Crippen molar-refractivity contribution in [2.45, 2.75) is 38.3 Å². The third-order valence-corrected chi connectivity index (χ3v) is 4.46. The second-order valence-electron chi connectivity index (χ2n) is 4.64. The van der Waals surface area contributed by atoms with Crippen molar-refractivity contribution in [2.24, 2.45) is 5.73 Å². The van der Waals surface area contributed by atoms with Gasteiger partial charge in [-0.3, -0.25) is 0 Å². The van der Waals surface area contributed by atoms with Gasteiger partial charge in [0.15, 0.2) is 0 Å². The van der Waals surface area contributed by atoms with Crippen molar-refractivity contribution >= 4 is 15.9 Å². The van der Waals surface area contributed by atoms with Gasteiger partial charge in [-0.05, 0) is 43.4 Å². The third-order valence-electron chi connectivity index (χ3n) is 3.21. The number of nitrogens with two attached hydrogens (primary N) is 1. The van der Waals surface area contributed by atoms with Crippen molar-refractivity contribution in [2.75, 3.05) is 0 Å². The maximum Gasteiger partial charge on any atom is 0.0582 e. The van der Waals surface area contributed by atoms with Crippen LogP contribution in [0.2, 0.25) is 0 Å². The molecule has 1 aliphatic carbocycles. The fraction of sp³-hybridized carbons (Fsp3) is 0.500. The van der Waals surface area contributed by atoms with Gasteiger partial charge in [-0.15, -0.1) is 0 Å². The van der Waals surface area contributed by atoms with Gasteiger partial charge in [-0.2, -0.15) is 0 Å². The average molecular weight is 270 g/mol. The number of hydrogen-bond donors (Lipinski definition) is 2. The molecule has 1 aliphatic rings. The smallest absolute Gasteiger partial charge is 0.0582 e. The maximum absolute atomic E-state index is 9.35. The van der Waals surface area contributed by atoms with Gasteiger partial charge in [0.1, 0.15) is 0 Å². The lowest BCUT2D eigenvalue weighted by Crippen LogP contribution is -2.51. The molecule has 0 radical (unpaired) electrons. The monoisotopic (exact) mass is 269 g/mol. The van der Waals surface area contributed by atoms with Crippen LogP contribution in [0.4, 0.5) is 0 Å². The molecule has 2 rings (SSSR count). The van der Waals surface area contributed by atoms with Gasteiger partial charge in [0.05, 0.1) is 6.10 Å². The summed E-state index contributed by atoms with van der Waals surface area (Å²) in [5.74, 6) is 0. The summed E-state index contributed by atoms with van der Waals surface area (Å²) in [5.41, 5.74) is 9.47. The number of hydrogen-bond acceptors (Lipinski definition) is 2. The van der Waals surface area contributed by atoms with E-state index < -0.39 is 0 Å². The van der Waals surface area contributed by atoms with Crippen LogP contribution in [0.15, 0.2) is 16.6 Å². The Hall–Kier alpha value is -0.380. The van der Waals surface area contributed by atoms with Crippen molar-refractivity contribution in [1.82, 2.24) is 0 Å². The zero-order valence-corrected chi connectivity index (χ0v) is 10.6. The Balaban J connectivity index is 2.38. The Kier molecular flexibility index (Phi) is 2.65. The Bertz CT molecular complexity index is 374. The van der Waals surface area contributed by atoms with Crippen LogP contribution in [-0.4, -0.2) is 11.2 Å². The second-order valence-corrected chi connectivity index (χ2v) is 5.44. The molecule has 0 spiro atoms. The molecule has 82 valence electrons. The molecule has 1 aromatic rings. The number of aliphatic hydroxyl groups is 1. The summed E-state index contributed by atoms with van der Waals surface area (Å²) in [6.07, 6.45) is 1.13. The first-order valence-electron chi connectivity index (χ1n) is 5.16. The van der Waals surface area contributed by atoms with Gasteiger partial charge in [0.2, 0.25) is 0 Å². The van der Waals surface area contributed by atoms with E-state index in [0.29, 0.717) is 12.8 Å². The Morgan fingerprint density at radius 1 is 1.33 bits per heavy atom. The molecule has 15 heavy (non-hydrogen) atoms. The molecule has 0 amide bonds. The quantitative estimate of drug-likeness (QED) is 0.823. The van der Waals surface area contributed by atoms with E-state index >= 15 is 0 Å². The molecule has 1 aromatic carbocycles. The fourth-order valence-electron chi connectivity index (χ4n) is 2.25. The summed E-state index contributed by atoms with van der Waals surface area (Å²) in [6, 6.07) is 4.23. The fourth-order valence-corrected chi connectivity index (χ4v) is 2.48. The number of aliphatic hydroxyl groups excluding tert-OH is 1. The SMILES string of the molecule is Cc1cc(C2(N)CC(O)C2)cc(C)c1Br. The van der Waals surface area contributed by atoms with E-state index in [1.807, 2.05) is 0 Å². The minimum atomic E-state index is -0.310. The van der Waals surface area contributed by atoms with E-state index in [1.54, 1.807) is 0 Å². The molecular formula is C12H16BrNO. The van der Waals surface area contributed by atoms with Crippen LogP contribution in [0.5, 0.6) is 0 Å². The molecule has 3 heteroatoms. The number of aryl methyl sites for hydroxylation is 2. The molecule has 3 N–H and O–H groups in total. The van der Waals surface area contributed by atoms with Crippen molar-refractivity contribution in [1.29, 1.82) is 0 Å². The van der Waals surface area contributed by atoms with E-state index in [2.05, 4.69) is 41.9 Å². The summed E-state index contributed by atoms with van der Waals surface area (Å²) in [7, 11) is 0. The molecular weight excluding hydrogens is 254 g/mol. The summed E-state index contributed by atoms with van der Waals surface area (Å²) in [6.45, 7) is 4.14. The lowest BCUT2D eigenvalue weighted by Gasteiger charge is -2.43. The minimum absolute atomic E-state index is 0.223. The highest BCUT2D eigenvalue weighted by atomic mass is 79.9. The molecule has 0 unspecified atom stereocenters. The van der Waals surface area contributed by atoms with Crippen LogP contribution in [0, 0.1) is 13.8 Å². The highest BCUT2D eigenvalue weighted by molar-refractivity contribution is 9.10. The van der Waals surface area contributed by atoms with Gasteiger partial charge >= 0.3 is 0 Å². The lowest BCUT2D eigenvalue weighted by atomic mass is 9.70. The summed E-state index contributed by atoms with van der Waals surface area (Å²) in [4.78, 5) is 0. The summed E-state index contributed by atoms with van der Waals surface area (Å²) in [5, 5.41) is 9.35. The zero-order valence-electron chi connectivity index (χ0n) is 9.05. The van der Waals surface area contributed by atoms with Crippen LogP contribution in [0.25, 0.3) is 0 Å². The van der Waals surface area contributed by atoms with E-state index in [4.69, 9.17) is 5.73 Å². The Morgan fingerprint density at radius 3 is 2.20 bits per heavy atom. The van der Waals surface area contributed by atoms with Crippen LogP contribution < -0.4 is 5.73 Å². The third kappa shape index (κ3) is 1.84. The summed E-state index contributed by atoms with van der Waals surface area (Å²) >= 11 is 3.54. The van der Waals surface area contributed by atoms with E-state index in [9.17, 15) is 5.11 Å². The van der Waals surface area contributed by atoms with Crippen molar-refractivity contribution in [3.05, 3.63) is 33.3 Å². The first kappa shape index (κ1) is 11.1. The van der Waals surface area contributed by atoms with Crippen molar-refractivity contribution in [3.63, 3.8) is 0 Å². The molecule has 0 aliphatic heterocycles. The predicted molar refractivity (Wildman–Crippen MR) is 64.7 cm³/mol. The van der Waals surface area contributed by atoms with Gasteiger partial charge in [-0.1, -0.05) is 28.1 Å². The molecule has 0 aromatic heterocycles. The second kappa shape index (κ2) is 3.58. The highest BCUT2D eigenvalue weighted by Gasteiger charge is 2.41. The topological polar surface area (TPSA) is 46.2 Å². The summed E-state index contributed by atoms with van der Waals surface area (Å²) < 4.78 is 1.15. The predicted octanol–water partition coefficient (Wildman–Crippen LogP) is 2.37.